The molecule has 0 aromatic heterocycles. The van der Waals surface area contributed by atoms with Crippen molar-refractivity contribution in [3.63, 3.8) is 0 Å². The van der Waals surface area contributed by atoms with Crippen LogP contribution in [0.2, 0.25) is 0 Å². The van der Waals surface area contributed by atoms with Crippen LogP contribution in [-0.2, 0) is 21.2 Å². The van der Waals surface area contributed by atoms with E-state index in [1.54, 1.807) is 12.1 Å². The number of amides is 1. The number of carbonyl (C=O) groups is 1. The zero-order valence-electron chi connectivity index (χ0n) is 17.1. The molecule has 152 valence electrons. The van der Waals surface area contributed by atoms with Gasteiger partial charge in [-0.15, -0.1) is 0 Å². The Morgan fingerprint density at radius 2 is 1.75 bits per heavy atom. The molecule has 0 unspecified atom stereocenters. The topological polar surface area (TPSA) is 66.5 Å². The highest BCUT2D eigenvalue weighted by atomic mass is 32.2. The minimum atomic E-state index is -3.59. The van der Waals surface area contributed by atoms with Gasteiger partial charge in [-0.3, -0.25) is 9.10 Å². The first kappa shape index (κ1) is 22.0. The Kier molecular flexibility index (Phi) is 7.63. The lowest BCUT2D eigenvalue weighted by Gasteiger charge is -2.30. The molecule has 1 N–H and O–H groups in total. The SMILES string of the molecule is CC[C@@H](C(=O)NCCCc1cccc(C)c1)N(c1ccc(C)cc1)S(C)(=O)=O. The monoisotopic (exact) mass is 402 g/mol. The highest BCUT2D eigenvalue weighted by Crippen LogP contribution is 2.23. The normalized spacial score (nSPS) is 12.4. The molecule has 5 nitrogen and oxygen atoms in total. The minimum absolute atomic E-state index is 0.266. The van der Waals surface area contributed by atoms with Crippen LogP contribution in [0.5, 0.6) is 0 Å². The molecule has 0 radical (unpaired) electrons. The highest BCUT2D eigenvalue weighted by Gasteiger charge is 2.31. The van der Waals surface area contributed by atoms with E-state index in [4.69, 9.17) is 0 Å². The summed E-state index contributed by atoms with van der Waals surface area (Å²) in [6, 6.07) is 14.7. The lowest BCUT2D eigenvalue weighted by Crippen LogP contribution is -2.49. The molecule has 0 saturated carbocycles. The van der Waals surface area contributed by atoms with Crippen LogP contribution in [0.15, 0.2) is 48.5 Å². The maximum Gasteiger partial charge on any atom is 0.243 e. The van der Waals surface area contributed by atoms with E-state index in [2.05, 4.69) is 30.4 Å². The summed E-state index contributed by atoms with van der Waals surface area (Å²) in [6.07, 6.45) is 3.20. The van der Waals surface area contributed by atoms with Crippen molar-refractivity contribution in [1.82, 2.24) is 5.32 Å². The number of rotatable bonds is 9. The van der Waals surface area contributed by atoms with Crippen molar-refractivity contribution in [3.05, 3.63) is 65.2 Å². The summed E-state index contributed by atoms with van der Waals surface area (Å²) < 4.78 is 26.1. The average molecular weight is 403 g/mol. The van der Waals surface area contributed by atoms with E-state index < -0.39 is 16.1 Å². The zero-order chi connectivity index (χ0) is 20.7. The first-order valence-electron chi connectivity index (χ1n) is 9.61. The number of nitrogens with one attached hydrogen (secondary N) is 1. The summed E-state index contributed by atoms with van der Waals surface area (Å²) in [5.74, 6) is -0.266. The van der Waals surface area contributed by atoms with Crippen molar-refractivity contribution in [3.8, 4) is 0 Å². The smallest absolute Gasteiger partial charge is 0.243 e. The summed E-state index contributed by atoms with van der Waals surface area (Å²) in [7, 11) is -3.59. The van der Waals surface area contributed by atoms with Crippen LogP contribution < -0.4 is 9.62 Å². The lowest BCUT2D eigenvalue weighted by molar-refractivity contribution is -0.122. The van der Waals surface area contributed by atoms with E-state index in [1.807, 2.05) is 32.0 Å². The summed E-state index contributed by atoms with van der Waals surface area (Å²) in [5.41, 5.74) is 3.99. The molecule has 28 heavy (non-hydrogen) atoms. The Hall–Kier alpha value is -2.34. The molecule has 6 heteroatoms. The molecule has 0 aliphatic carbocycles. The molecular weight excluding hydrogens is 372 g/mol. The molecular formula is C22H30N2O3S. The maximum absolute atomic E-state index is 12.8. The van der Waals surface area contributed by atoms with Gasteiger partial charge < -0.3 is 5.32 Å². The Morgan fingerprint density at radius 1 is 1.07 bits per heavy atom. The zero-order valence-corrected chi connectivity index (χ0v) is 17.9. The van der Waals surface area contributed by atoms with Gasteiger partial charge in [0.2, 0.25) is 15.9 Å². The molecule has 0 bridgehead atoms. The fourth-order valence-corrected chi connectivity index (χ4v) is 4.45. The molecule has 0 aliphatic rings. The molecule has 1 atom stereocenters. The van der Waals surface area contributed by atoms with Gasteiger partial charge in [-0.2, -0.15) is 0 Å². The molecule has 2 aromatic carbocycles. The molecule has 0 spiro atoms. The fourth-order valence-electron chi connectivity index (χ4n) is 3.24. The van der Waals surface area contributed by atoms with Gasteiger partial charge in [-0.05, 0) is 50.8 Å². The molecule has 2 rings (SSSR count). The third-order valence-corrected chi connectivity index (χ3v) is 5.82. The summed E-state index contributed by atoms with van der Waals surface area (Å²) in [4.78, 5) is 12.8. The van der Waals surface area contributed by atoms with Gasteiger partial charge in [0.1, 0.15) is 6.04 Å². The first-order chi connectivity index (χ1) is 13.2. The Balaban J connectivity index is 2.04. The van der Waals surface area contributed by atoms with E-state index in [-0.39, 0.29) is 5.91 Å². The summed E-state index contributed by atoms with van der Waals surface area (Å²) >= 11 is 0. The molecule has 0 heterocycles. The number of anilines is 1. The Labute approximate surface area is 168 Å². The van der Waals surface area contributed by atoms with Crippen LogP contribution >= 0.6 is 0 Å². The van der Waals surface area contributed by atoms with E-state index >= 15 is 0 Å². The highest BCUT2D eigenvalue weighted by molar-refractivity contribution is 7.92. The number of nitrogens with zero attached hydrogens (tertiary/aromatic N) is 1. The van der Waals surface area contributed by atoms with Gasteiger partial charge in [0.05, 0.1) is 11.9 Å². The first-order valence-corrected chi connectivity index (χ1v) is 11.5. The third-order valence-electron chi connectivity index (χ3n) is 4.64. The quantitative estimate of drug-likeness (QED) is 0.652. The van der Waals surface area contributed by atoms with Crippen molar-refractivity contribution < 1.29 is 13.2 Å². The van der Waals surface area contributed by atoms with Gasteiger partial charge in [-0.1, -0.05) is 54.4 Å². The van der Waals surface area contributed by atoms with Crippen molar-refractivity contribution in [1.29, 1.82) is 0 Å². The summed E-state index contributed by atoms with van der Waals surface area (Å²) in [5, 5.41) is 2.91. The van der Waals surface area contributed by atoms with Crippen molar-refractivity contribution in [2.75, 3.05) is 17.1 Å². The molecule has 0 aliphatic heterocycles. The second kappa shape index (κ2) is 9.73. The largest absolute Gasteiger partial charge is 0.354 e. The van der Waals surface area contributed by atoms with Crippen LogP contribution in [0.3, 0.4) is 0 Å². The minimum Gasteiger partial charge on any atom is -0.354 e. The standard InChI is InChI=1S/C22H30N2O3S/c1-5-21(24(28(4,26)27)20-13-11-17(2)12-14-20)22(25)23-15-7-10-19-9-6-8-18(3)16-19/h6,8-9,11-14,16,21H,5,7,10,15H2,1-4H3,(H,23,25)/t21-/m0/s1. The van der Waals surface area contributed by atoms with Crippen molar-refractivity contribution >= 4 is 21.6 Å². The van der Waals surface area contributed by atoms with Gasteiger partial charge in [0, 0.05) is 6.54 Å². The van der Waals surface area contributed by atoms with Gasteiger partial charge in [0.25, 0.3) is 0 Å². The van der Waals surface area contributed by atoms with Gasteiger partial charge in [-0.25, -0.2) is 8.42 Å². The van der Waals surface area contributed by atoms with Gasteiger partial charge >= 0.3 is 0 Å². The van der Waals surface area contributed by atoms with Crippen molar-refractivity contribution in [2.45, 2.75) is 46.1 Å². The lowest BCUT2D eigenvalue weighted by atomic mass is 10.1. The van der Waals surface area contributed by atoms with Crippen LogP contribution in [-0.4, -0.2) is 33.2 Å². The van der Waals surface area contributed by atoms with Crippen LogP contribution in [0.1, 0.15) is 36.5 Å². The number of aryl methyl sites for hydroxylation is 3. The Morgan fingerprint density at radius 3 is 2.32 bits per heavy atom. The average Bonchev–Trinajstić information content (AvgIpc) is 2.63. The predicted molar refractivity (Wildman–Crippen MR) is 115 cm³/mol. The second-order valence-electron chi connectivity index (χ2n) is 7.20. The number of carbonyl (C=O) groups excluding carboxylic acids is 1. The third kappa shape index (κ3) is 6.09. The van der Waals surface area contributed by atoms with E-state index in [0.717, 1.165) is 24.7 Å². The number of benzene rings is 2. The summed E-state index contributed by atoms with van der Waals surface area (Å²) in [6.45, 7) is 6.33. The van der Waals surface area contributed by atoms with Crippen LogP contribution in [0, 0.1) is 13.8 Å². The number of hydrogen-bond acceptors (Lipinski definition) is 3. The maximum atomic E-state index is 12.8. The number of sulfonamides is 1. The van der Waals surface area contributed by atoms with E-state index in [1.165, 1.54) is 15.4 Å². The second-order valence-corrected chi connectivity index (χ2v) is 9.06. The number of hydrogen-bond donors (Lipinski definition) is 1. The van der Waals surface area contributed by atoms with Crippen LogP contribution in [0.25, 0.3) is 0 Å². The van der Waals surface area contributed by atoms with Crippen molar-refractivity contribution in [2.24, 2.45) is 0 Å². The predicted octanol–water partition coefficient (Wildman–Crippen LogP) is 3.60. The van der Waals surface area contributed by atoms with Crippen LogP contribution in [0.4, 0.5) is 5.69 Å². The van der Waals surface area contributed by atoms with E-state index in [9.17, 15) is 13.2 Å². The fraction of sp³-hybridized carbons (Fsp3) is 0.409. The molecule has 0 saturated heterocycles. The van der Waals surface area contributed by atoms with Gasteiger partial charge in [0.15, 0.2) is 0 Å². The molecule has 2 aromatic rings. The molecule has 1 amide bonds. The van der Waals surface area contributed by atoms with E-state index in [0.29, 0.717) is 18.7 Å². The Bertz CT molecular complexity index is 892. The molecule has 0 fully saturated rings.